The molecule has 146 valence electrons. The summed E-state index contributed by atoms with van der Waals surface area (Å²) in [4.78, 5) is 38.5. The minimum absolute atomic E-state index is 0.0995. The lowest BCUT2D eigenvalue weighted by molar-refractivity contribution is -0.145. The number of rotatable bonds is 7. The number of anilines is 1. The number of hydrogen-bond acceptors (Lipinski definition) is 4. The summed E-state index contributed by atoms with van der Waals surface area (Å²) in [5, 5.41) is 2.77. The summed E-state index contributed by atoms with van der Waals surface area (Å²) in [6.07, 6.45) is 1.76. The van der Waals surface area contributed by atoms with Gasteiger partial charge in [0.05, 0.1) is 6.61 Å². The molecule has 0 bridgehead atoms. The van der Waals surface area contributed by atoms with Crippen LogP contribution in [0.15, 0.2) is 54.6 Å². The fourth-order valence-corrected chi connectivity index (χ4v) is 3.24. The van der Waals surface area contributed by atoms with Gasteiger partial charge in [0.15, 0.2) is 0 Å². The molecule has 1 fully saturated rings. The molecule has 0 spiro atoms. The Morgan fingerprint density at radius 2 is 1.82 bits per heavy atom. The summed E-state index contributed by atoms with van der Waals surface area (Å²) in [5.74, 6) is -0.713. The van der Waals surface area contributed by atoms with E-state index in [9.17, 15) is 14.4 Å². The second kappa shape index (κ2) is 9.17. The zero-order valence-corrected chi connectivity index (χ0v) is 15.9. The highest BCUT2D eigenvalue weighted by molar-refractivity contribution is 5.98. The maximum Gasteiger partial charge on any atom is 0.328 e. The summed E-state index contributed by atoms with van der Waals surface area (Å²) in [6, 6.07) is 15.6. The number of esters is 1. The first kappa shape index (κ1) is 19.6. The van der Waals surface area contributed by atoms with Gasteiger partial charge in [-0.1, -0.05) is 30.3 Å². The first-order chi connectivity index (χ1) is 13.6. The van der Waals surface area contributed by atoms with E-state index in [1.165, 1.54) is 0 Å². The molecule has 28 heavy (non-hydrogen) atoms. The lowest BCUT2D eigenvalue weighted by atomic mass is 10.1. The van der Waals surface area contributed by atoms with E-state index in [1.54, 1.807) is 36.1 Å². The first-order valence-electron chi connectivity index (χ1n) is 9.50. The van der Waals surface area contributed by atoms with Gasteiger partial charge in [0.2, 0.25) is 5.91 Å². The molecule has 1 aliphatic rings. The molecule has 2 aromatic rings. The molecule has 3 rings (SSSR count). The van der Waals surface area contributed by atoms with Crippen LogP contribution in [0.25, 0.3) is 0 Å². The van der Waals surface area contributed by atoms with Gasteiger partial charge in [0.1, 0.15) is 6.04 Å². The van der Waals surface area contributed by atoms with Crippen molar-refractivity contribution in [2.24, 2.45) is 0 Å². The van der Waals surface area contributed by atoms with Crippen molar-refractivity contribution in [1.82, 2.24) is 5.32 Å². The van der Waals surface area contributed by atoms with Crippen LogP contribution >= 0.6 is 0 Å². The second-order valence-electron chi connectivity index (χ2n) is 6.66. The van der Waals surface area contributed by atoms with Gasteiger partial charge in [0.25, 0.3) is 5.91 Å². The van der Waals surface area contributed by atoms with Crippen LogP contribution in [0, 0.1) is 0 Å². The largest absolute Gasteiger partial charge is 0.464 e. The maximum atomic E-state index is 12.7. The predicted octanol–water partition coefficient (Wildman–Crippen LogP) is 2.72. The topological polar surface area (TPSA) is 75.7 Å². The van der Waals surface area contributed by atoms with Crippen LogP contribution < -0.4 is 10.2 Å². The third kappa shape index (κ3) is 4.76. The molecule has 1 atom stereocenters. The van der Waals surface area contributed by atoms with Crippen molar-refractivity contribution in [1.29, 1.82) is 0 Å². The Morgan fingerprint density at radius 1 is 1.11 bits per heavy atom. The first-order valence-corrected chi connectivity index (χ1v) is 9.50. The van der Waals surface area contributed by atoms with E-state index >= 15 is 0 Å². The lowest BCUT2D eigenvalue weighted by Crippen LogP contribution is -2.43. The van der Waals surface area contributed by atoms with Crippen molar-refractivity contribution >= 4 is 23.5 Å². The van der Waals surface area contributed by atoms with Crippen molar-refractivity contribution in [2.75, 3.05) is 18.1 Å². The van der Waals surface area contributed by atoms with Crippen molar-refractivity contribution in [3.63, 3.8) is 0 Å². The molecular formula is C22H24N2O4. The lowest BCUT2D eigenvalue weighted by Gasteiger charge is -2.18. The summed E-state index contributed by atoms with van der Waals surface area (Å²) in [7, 11) is 0. The molecule has 2 amide bonds. The number of hydrogen-bond donors (Lipinski definition) is 1. The van der Waals surface area contributed by atoms with E-state index in [-0.39, 0.29) is 18.4 Å². The molecule has 6 nitrogen and oxygen atoms in total. The molecular weight excluding hydrogens is 356 g/mol. The molecule has 1 saturated heterocycles. The predicted molar refractivity (Wildman–Crippen MR) is 106 cm³/mol. The highest BCUT2D eigenvalue weighted by Crippen LogP contribution is 2.21. The Bertz CT molecular complexity index is 833. The summed E-state index contributed by atoms with van der Waals surface area (Å²) in [6.45, 7) is 2.68. The standard InChI is InChI=1S/C22H24N2O4/c1-2-28-22(27)19(15-16-7-4-3-5-8-16)23-21(26)17-10-12-18(13-11-17)24-14-6-9-20(24)25/h3-5,7-8,10-13,19H,2,6,9,14-15H2,1H3,(H,23,26). The van der Waals surface area contributed by atoms with Crippen molar-refractivity contribution in [3.05, 3.63) is 65.7 Å². The molecule has 1 N–H and O–H groups in total. The minimum atomic E-state index is -0.769. The number of nitrogens with one attached hydrogen (secondary N) is 1. The molecule has 0 aliphatic carbocycles. The van der Waals surface area contributed by atoms with Crippen LogP contribution in [0.2, 0.25) is 0 Å². The van der Waals surface area contributed by atoms with Crippen LogP contribution in [-0.2, 0) is 20.7 Å². The highest BCUT2D eigenvalue weighted by atomic mass is 16.5. The van der Waals surface area contributed by atoms with Crippen LogP contribution in [0.1, 0.15) is 35.7 Å². The van der Waals surface area contributed by atoms with E-state index in [1.807, 2.05) is 30.3 Å². The van der Waals surface area contributed by atoms with Gasteiger partial charge in [-0.05, 0) is 43.2 Å². The normalized spacial score (nSPS) is 14.6. The molecule has 1 aliphatic heterocycles. The monoisotopic (exact) mass is 380 g/mol. The Kier molecular flexibility index (Phi) is 6.42. The Morgan fingerprint density at radius 3 is 2.43 bits per heavy atom. The summed E-state index contributed by atoms with van der Waals surface area (Å²) < 4.78 is 5.11. The van der Waals surface area contributed by atoms with Crippen LogP contribution in [0.4, 0.5) is 5.69 Å². The van der Waals surface area contributed by atoms with E-state index < -0.39 is 12.0 Å². The average Bonchev–Trinajstić information content (AvgIpc) is 3.14. The zero-order valence-electron chi connectivity index (χ0n) is 15.9. The van der Waals surface area contributed by atoms with Crippen LogP contribution in [-0.4, -0.2) is 37.0 Å². The zero-order chi connectivity index (χ0) is 19.9. The average molecular weight is 380 g/mol. The van der Waals surface area contributed by atoms with Gasteiger partial charge < -0.3 is 15.0 Å². The fourth-order valence-electron chi connectivity index (χ4n) is 3.24. The third-order valence-corrected chi connectivity index (χ3v) is 4.67. The molecule has 0 aromatic heterocycles. The number of carbonyl (C=O) groups is 3. The van der Waals surface area contributed by atoms with Gasteiger partial charge in [-0.15, -0.1) is 0 Å². The van der Waals surface area contributed by atoms with E-state index in [0.717, 1.165) is 17.7 Å². The Labute approximate surface area is 164 Å². The van der Waals surface area contributed by atoms with Crippen molar-refractivity contribution in [3.8, 4) is 0 Å². The fraction of sp³-hybridized carbons (Fsp3) is 0.318. The van der Waals surface area contributed by atoms with E-state index in [0.29, 0.717) is 24.9 Å². The van der Waals surface area contributed by atoms with Gasteiger partial charge in [-0.3, -0.25) is 9.59 Å². The van der Waals surface area contributed by atoms with Gasteiger partial charge >= 0.3 is 5.97 Å². The minimum Gasteiger partial charge on any atom is -0.464 e. The highest BCUT2D eigenvalue weighted by Gasteiger charge is 2.24. The molecule has 6 heteroatoms. The maximum absolute atomic E-state index is 12.7. The molecule has 0 radical (unpaired) electrons. The Balaban J connectivity index is 1.70. The summed E-state index contributed by atoms with van der Waals surface area (Å²) >= 11 is 0. The van der Waals surface area contributed by atoms with Crippen molar-refractivity contribution in [2.45, 2.75) is 32.2 Å². The number of benzene rings is 2. The van der Waals surface area contributed by atoms with Gasteiger partial charge in [-0.2, -0.15) is 0 Å². The van der Waals surface area contributed by atoms with E-state index in [2.05, 4.69) is 5.32 Å². The summed E-state index contributed by atoms with van der Waals surface area (Å²) in [5.41, 5.74) is 2.15. The quantitative estimate of drug-likeness (QED) is 0.750. The van der Waals surface area contributed by atoms with Crippen molar-refractivity contribution < 1.29 is 19.1 Å². The smallest absolute Gasteiger partial charge is 0.328 e. The Hall–Kier alpha value is -3.15. The van der Waals surface area contributed by atoms with E-state index in [4.69, 9.17) is 4.74 Å². The molecule has 0 saturated carbocycles. The van der Waals surface area contributed by atoms with Crippen LogP contribution in [0.3, 0.4) is 0 Å². The number of amides is 2. The SMILES string of the molecule is CCOC(=O)C(Cc1ccccc1)NC(=O)c1ccc(N2CCCC2=O)cc1. The number of nitrogens with zero attached hydrogens (tertiary/aromatic N) is 1. The molecule has 1 unspecified atom stereocenters. The molecule has 1 heterocycles. The number of ether oxygens (including phenoxy) is 1. The second-order valence-corrected chi connectivity index (χ2v) is 6.66. The van der Waals surface area contributed by atoms with Crippen LogP contribution in [0.5, 0.6) is 0 Å². The third-order valence-electron chi connectivity index (χ3n) is 4.67. The number of carbonyl (C=O) groups excluding carboxylic acids is 3. The molecule has 2 aromatic carbocycles. The van der Waals surface area contributed by atoms with Gasteiger partial charge in [-0.25, -0.2) is 4.79 Å². The van der Waals surface area contributed by atoms with Gasteiger partial charge in [0, 0.05) is 30.6 Å².